The SMILES string of the molecule is CS(=O)(=O)N1CCC[C@H](C(=O)Nc2ccc(C3(C#N)CC3)cc2)C1. The summed E-state index contributed by atoms with van der Waals surface area (Å²) in [5, 5.41) is 12.1. The first-order chi connectivity index (χ1) is 11.3. The lowest BCUT2D eigenvalue weighted by Gasteiger charge is -2.30. The summed E-state index contributed by atoms with van der Waals surface area (Å²) in [7, 11) is -3.26. The molecule has 128 valence electrons. The van der Waals surface area contributed by atoms with Crippen molar-refractivity contribution in [1.82, 2.24) is 4.31 Å². The molecule has 0 spiro atoms. The molecular formula is C17H21N3O3S. The van der Waals surface area contributed by atoms with Gasteiger partial charge in [-0.05, 0) is 43.4 Å². The minimum absolute atomic E-state index is 0.155. The van der Waals surface area contributed by atoms with E-state index >= 15 is 0 Å². The van der Waals surface area contributed by atoms with Gasteiger partial charge in [0.15, 0.2) is 0 Å². The Labute approximate surface area is 142 Å². The Morgan fingerprint density at radius 2 is 2.00 bits per heavy atom. The third-order valence-electron chi connectivity index (χ3n) is 4.89. The van der Waals surface area contributed by atoms with Gasteiger partial charge in [0.2, 0.25) is 15.9 Å². The van der Waals surface area contributed by atoms with Crippen LogP contribution in [-0.2, 0) is 20.2 Å². The van der Waals surface area contributed by atoms with Crippen LogP contribution in [0, 0.1) is 17.2 Å². The Hall–Kier alpha value is -1.91. The van der Waals surface area contributed by atoms with Crippen LogP contribution in [0.3, 0.4) is 0 Å². The van der Waals surface area contributed by atoms with E-state index in [0.29, 0.717) is 25.1 Å². The lowest BCUT2D eigenvalue weighted by atomic mass is 9.97. The molecule has 1 aliphatic heterocycles. The van der Waals surface area contributed by atoms with Gasteiger partial charge in [-0.25, -0.2) is 12.7 Å². The number of nitrogens with one attached hydrogen (secondary N) is 1. The van der Waals surface area contributed by atoms with Crippen molar-refractivity contribution in [3.8, 4) is 6.07 Å². The molecule has 7 heteroatoms. The number of amides is 1. The van der Waals surface area contributed by atoms with Crippen molar-refractivity contribution in [2.75, 3.05) is 24.7 Å². The first-order valence-corrected chi connectivity index (χ1v) is 9.97. The van der Waals surface area contributed by atoms with Gasteiger partial charge >= 0.3 is 0 Å². The number of rotatable bonds is 4. The predicted octanol–water partition coefficient (Wildman–Crippen LogP) is 1.85. The van der Waals surface area contributed by atoms with Crippen molar-refractivity contribution in [3.05, 3.63) is 29.8 Å². The van der Waals surface area contributed by atoms with E-state index in [4.69, 9.17) is 0 Å². The van der Waals surface area contributed by atoms with Gasteiger partial charge in [-0.2, -0.15) is 5.26 Å². The normalized spacial score (nSPS) is 23.2. The fraction of sp³-hybridized carbons (Fsp3) is 0.529. The summed E-state index contributed by atoms with van der Waals surface area (Å²) in [6, 6.07) is 9.73. The lowest BCUT2D eigenvalue weighted by molar-refractivity contribution is -0.120. The van der Waals surface area contributed by atoms with E-state index < -0.39 is 10.0 Å². The third kappa shape index (κ3) is 3.45. The molecule has 0 unspecified atom stereocenters. The molecule has 1 atom stereocenters. The van der Waals surface area contributed by atoms with Crippen LogP contribution in [0.1, 0.15) is 31.2 Å². The summed E-state index contributed by atoms with van der Waals surface area (Å²) in [4.78, 5) is 12.4. The number of benzene rings is 1. The second-order valence-electron chi connectivity index (χ2n) is 6.72. The zero-order valence-electron chi connectivity index (χ0n) is 13.7. The van der Waals surface area contributed by atoms with Gasteiger partial charge in [-0.1, -0.05) is 12.1 Å². The summed E-state index contributed by atoms with van der Waals surface area (Å²) in [5.74, 6) is -0.487. The van der Waals surface area contributed by atoms with Gasteiger partial charge < -0.3 is 5.32 Å². The van der Waals surface area contributed by atoms with Gasteiger partial charge in [-0.3, -0.25) is 4.79 Å². The van der Waals surface area contributed by atoms with Crippen molar-refractivity contribution in [2.45, 2.75) is 31.1 Å². The summed E-state index contributed by atoms with van der Waals surface area (Å²) < 4.78 is 24.7. The highest BCUT2D eigenvalue weighted by Crippen LogP contribution is 2.47. The zero-order valence-corrected chi connectivity index (χ0v) is 14.5. The number of piperidine rings is 1. The molecule has 0 radical (unpaired) electrons. The van der Waals surface area contributed by atoms with Crippen molar-refractivity contribution in [2.24, 2.45) is 5.92 Å². The number of nitrogens with zero attached hydrogens (tertiary/aromatic N) is 2. The van der Waals surface area contributed by atoms with E-state index in [2.05, 4.69) is 11.4 Å². The van der Waals surface area contributed by atoms with E-state index in [1.807, 2.05) is 24.3 Å². The Kier molecular flexibility index (Phi) is 4.37. The van der Waals surface area contributed by atoms with Crippen molar-refractivity contribution in [1.29, 1.82) is 5.26 Å². The summed E-state index contributed by atoms with van der Waals surface area (Å²) in [6.45, 7) is 0.716. The number of nitriles is 1. The molecular weight excluding hydrogens is 326 g/mol. The van der Waals surface area contributed by atoms with Crippen LogP contribution in [0.2, 0.25) is 0 Å². The first kappa shape index (κ1) is 16.9. The predicted molar refractivity (Wildman–Crippen MR) is 90.7 cm³/mol. The molecule has 1 aromatic carbocycles. The molecule has 2 aliphatic rings. The minimum atomic E-state index is -3.26. The topological polar surface area (TPSA) is 90.3 Å². The van der Waals surface area contributed by atoms with Gasteiger partial charge in [0, 0.05) is 18.8 Å². The molecule has 0 aromatic heterocycles. The van der Waals surface area contributed by atoms with Crippen LogP contribution in [0.15, 0.2) is 24.3 Å². The van der Waals surface area contributed by atoms with Crippen LogP contribution in [0.25, 0.3) is 0 Å². The lowest BCUT2D eigenvalue weighted by Crippen LogP contribution is -2.43. The summed E-state index contributed by atoms with van der Waals surface area (Å²) in [5.41, 5.74) is 1.33. The standard InChI is InChI=1S/C17H21N3O3S/c1-24(22,23)20-10-2-3-13(11-20)16(21)19-15-6-4-14(5-7-15)17(12-18)8-9-17/h4-7,13H,2-3,8-11H2,1H3,(H,19,21)/t13-/m0/s1. The molecule has 24 heavy (non-hydrogen) atoms. The number of carbonyl (C=O) groups excluding carboxylic acids is 1. The van der Waals surface area contributed by atoms with E-state index in [9.17, 15) is 18.5 Å². The molecule has 1 amide bonds. The zero-order chi connectivity index (χ0) is 17.4. The van der Waals surface area contributed by atoms with Crippen molar-refractivity contribution in [3.63, 3.8) is 0 Å². The highest BCUT2D eigenvalue weighted by molar-refractivity contribution is 7.88. The van der Waals surface area contributed by atoms with E-state index in [-0.39, 0.29) is 23.8 Å². The van der Waals surface area contributed by atoms with Crippen LogP contribution in [0.4, 0.5) is 5.69 Å². The summed E-state index contributed by atoms with van der Waals surface area (Å²) in [6.07, 6.45) is 4.33. The second kappa shape index (κ2) is 6.19. The van der Waals surface area contributed by atoms with E-state index in [0.717, 1.165) is 18.4 Å². The van der Waals surface area contributed by atoms with Crippen LogP contribution in [0.5, 0.6) is 0 Å². The highest BCUT2D eigenvalue weighted by atomic mass is 32.2. The fourth-order valence-electron chi connectivity index (χ4n) is 3.16. The maximum absolute atomic E-state index is 12.4. The van der Waals surface area contributed by atoms with Crippen LogP contribution >= 0.6 is 0 Å². The molecule has 3 rings (SSSR count). The number of sulfonamides is 1. The van der Waals surface area contributed by atoms with Gasteiger partial charge in [0.1, 0.15) is 0 Å². The molecule has 1 saturated heterocycles. The van der Waals surface area contributed by atoms with Gasteiger partial charge in [0.05, 0.1) is 23.7 Å². The smallest absolute Gasteiger partial charge is 0.228 e. The Bertz CT molecular complexity index is 776. The molecule has 0 bridgehead atoms. The fourth-order valence-corrected chi connectivity index (χ4v) is 4.08. The van der Waals surface area contributed by atoms with Gasteiger partial charge in [-0.15, -0.1) is 0 Å². The van der Waals surface area contributed by atoms with E-state index in [1.165, 1.54) is 10.6 Å². The monoisotopic (exact) mass is 347 g/mol. The van der Waals surface area contributed by atoms with Crippen molar-refractivity contribution < 1.29 is 13.2 Å². The molecule has 1 aromatic rings. The Balaban J connectivity index is 1.63. The maximum atomic E-state index is 12.4. The average Bonchev–Trinajstić information content (AvgIpc) is 3.36. The molecule has 1 N–H and O–H groups in total. The largest absolute Gasteiger partial charge is 0.326 e. The molecule has 1 aliphatic carbocycles. The average molecular weight is 347 g/mol. The van der Waals surface area contributed by atoms with E-state index in [1.54, 1.807) is 0 Å². The Morgan fingerprint density at radius 1 is 1.33 bits per heavy atom. The maximum Gasteiger partial charge on any atom is 0.228 e. The van der Waals surface area contributed by atoms with Crippen molar-refractivity contribution >= 4 is 21.6 Å². The second-order valence-corrected chi connectivity index (χ2v) is 8.70. The number of carbonyl (C=O) groups is 1. The molecule has 6 nitrogen and oxygen atoms in total. The van der Waals surface area contributed by atoms with Gasteiger partial charge in [0.25, 0.3) is 0 Å². The van der Waals surface area contributed by atoms with Crippen LogP contribution < -0.4 is 5.32 Å². The third-order valence-corrected chi connectivity index (χ3v) is 6.16. The molecule has 1 heterocycles. The Morgan fingerprint density at radius 3 is 2.54 bits per heavy atom. The molecule has 2 fully saturated rings. The quantitative estimate of drug-likeness (QED) is 0.900. The number of hydrogen-bond donors (Lipinski definition) is 1. The number of anilines is 1. The number of hydrogen-bond acceptors (Lipinski definition) is 4. The summed E-state index contributed by atoms with van der Waals surface area (Å²) >= 11 is 0. The molecule has 1 saturated carbocycles. The van der Waals surface area contributed by atoms with Crippen LogP contribution in [-0.4, -0.2) is 38.0 Å². The first-order valence-electron chi connectivity index (χ1n) is 8.12. The highest BCUT2D eigenvalue weighted by Gasteiger charge is 2.44. The minimum Gasteiger partial charge on any atom is -0.326 e.